The summed E-state index contributed by atoms with van der Waals surface area (Å²) < 4.78 is 0. The summed E-state index contributed by atoms with van der Waals surface area (Å²) in [6, 6.07) is 40.4. The molecular weight excluding hydrogens is 549 g/mol. The molecule has 1 amide bonds. The smallest absolute Gasteiger partial charge is 1.00 e. The Hall–Kier alpha value is -2.27. The predicted molar refractivity (Wildman–Crippen MR) is 146 cm³/mol. The van der Waals surface area contributed by atoms with E-state index in [-0.39, 0.29) is 58.4 Å². The van der Waals surface area contributed by atoms with Crippen LogP contribution in [0.1, 0.15) is 25.7 Å². The number of amides is 1. The van der Waals surface area contributed by atoms with Crippen LogP contribution >= 0.6 is 0 Å². The summed E-state index contributed by atoms with van der Waals surface area (Å²) in [4.78, 5) is 10.3. The molecule has 1 N–H and O–H groups in total. The third-order valence-corrected chi connectivity index (χ3v) is 7.33. The number of fused-ring (bicyclic) bond motifs is 3. The number of carbonyl (C=O) groups excluding carboxylic acids is 1. The maximum atomic E-state index is 10.3. The first-order valence-corrected chi connectivity index (χ1v) is 12.9. The number of hydrogen-bond donors (Lipinski definition) is 0. The Balaban J connectivity index is 0.000000275. The van der Waals surface area contributed by atoms with Crippen LogP contribution in [0.25, 0.3) is 27.3 Å². The Labute approximate surface area is 249 Å². The van der Waals surface area contributed by atoms with E-state index in [1.54, 1.807) is 0 Å². The molecule has 1 fully saturated rings. The molecule has 2 nitrogen and oxygen atoms in total. The molecule has 0 unspecified atom stereocenters. The second-order valence-electron chi connectivity index (χ2n) is 8.52. The van der Waals surface area contributed by atoms with E-state index < -0.39 is 0 Å². The molecule has 0 bridgehead atoms. The number of benzene rings is 4. The van der Waals surface area contributed by atoms with Crippen LogP contribution in [0.2, 0.25) is 0 Å². The van der Waals surface area contributed by atoms with Crippen molar-refractivity contribution in [1.82, 2.24) is 0 Å². The van der Waals surface area contributed by atoms with Gasteiger partial charge >= 0.3 is 21.7 Å². The summed E-state index contributed by atoms with van der Waals surface area (Å²) in [7, 11) is 0.777. The normalized spacial score (nSPS) is 12.0. The van der Waals surface area contributed by atoms with Gasteiger partial charge in [0.1, 0.15) is 9.52 Å². The molecule has 0 spiro atoms. The molecule has 5 aromatic carbocycles. The van der Waals surface area contributed by atoms with Crippen molar-refractivity contribution in [3.63, 3.8) is 0 Å². The zero-order valence-corrected chi connectivity index (χ0v) is 24.6. The maximum Gasteiger partial charge on any atom is 4.00 e. The van der Waals surface area contributed by atoms with Gasteiger partial charge in [-0.2, -0.15) is 0 Å². The van der Waals surface area contributed by atoms with Gasteiger partial charge in [0.2, 0.25) is 0 Å². The topological polar surface area (TPSA) is 40.9 Å². The first kappa shape index (κ1) is 32.8. The minimum atomic E-state index is -0.359. The Bertz CT molecular complexity index is 1230. The van der Waals surface area contributed by atoms with E-state index in [0.717, 1.165) is 35.2 Å². The van der Waals surface area contributed by atoms with E-state index in [1.165, 1.54) is 31.9 Å². The van der Waals surface area contributed by atoms with Crippen molar-refractivity contribution >= 4 is 47.3 Å². The van der Waals surface area contributed by atoms with Crippen LogP contribution in [0.3, 0.4) is 0 Å². The Morgan fingerprint density at radius 1 is 0.649 bits per heavy atom. The van der Waals surface area contributed by atoms with Gasteiger partial charge in [-0.1, -0.05) is 120 Å². The molecule has 186 valence electrons. The SMILES string of the molecule is [Cl-].[Cl-].[NH-]C(=O)C1CCCC1.[Ti+4].c1ccc([Si]c2ccccc2)cc1.c1ccc2c(c1)[cH-]c1ccccc12. The van der Waals surface area contributed by atoms with Gasteiger partial charge in [0, 0.05) is 5.92 Å². The van der Waals surface area contributed by atoms with Crippen LogP contribution in [-0.4, -0.2) is 15.4 Å². The Morgan fingerprint density at radius 3 is 1.41 bits per heavy atom. The second-order valence-corrected chi connectivity index (χ2v) is 9.93. The van der Waals surface area contributed by atoms with Crippen molar-refractivity contribution < 1.29 is 51.3 Å². The largest absolute Gasteiger partial charge is 4.00 e. The second kappa shape index (κ2) is 17.3. The Morgan fingerprint density at radius 2 is 1.03 bits per heavy atom. The van der Waals surface area contributed by atoms with E-state index in [9.17, 15) is 4.79 Å². The van der Waals surface area contributed by atoms with Gasteiger partial charge in [-0.3, -0.25) is 0 Å². The van der Waals surface area contributed by atoms with E-state index in [2.05, 4.69) is 115 Å². The molecule has 1 aliphatic rings. The van der Waals surface area contributed by atoms with Crippen LogP contribution in [0.5, 0.6) is 0 Å². The van der Waals surface area contributed by atoms with Crippen molar-refractivity contribution in [3.05, 3.63) is 121 Å². The van der Waals surface area contributed by atoms with E-state index in [4.69, 9.17) is 5.73 Å². The third-order valence-electron chi connectivity index (χ3n) is 6.08. The molecule has 0 aliphatic heterocycles. The third kappa shape index (κ3) is 9.85. The molecular formula is C31H29Cl2NOSiTi. The van der Waals surface area contributed by atoms with Gasteiger partial charge in [-0.05, 0) is 12.8 Å². The number of rotatable bonds is 3. The van der Waals surface area contributed by atoms with E-state index in [0.29, 0.717) is 0 Å². The van der Waals surface area contributed by atoms with Crippen molar-refractivity contribution in [2.45, 2.75) is 25.7 Å². The summed E-state index contributed by atoms with van der Waals surface area (Å²) in [5.74, 6) is -0.266. The molecule has 0 saturated heterocycles. The molecule has 1 saturated carbocycles. The number of nitrogens with one attached hydrogen (secondary N) is 1. The first-order chi connectivity index (χ1) is 16.7. The average Bonchev–Trinajstić information content (AvgIpc) is 3.55. The van der Waals surface area contributed by atoms with Crippen LogP contribution < -0.4 is 35.2 Å². The van der Waals surface area contributed by atoms with Gasteiger partial charge in [0.15, 0.2) is 0 Å². The molecule has 0 atom stereocenters. The van der Waals surface area contributed by atoms with Gasteiger partial charge in [-0.25, -0.2) is 0 Å². The number of carbonyl (C=O) groups is 1. The average molecular weight is 578 g/mol. The van der Waals surface area contributed by atoms with Crippen LogP contribution in [0.15, 0.2) is 115 Å². The van der Waals surface area contributed by atoms with Crippen molar-refractivity contribution in [3.8, 4) is 0 Å². The predicted octanol–water partition coefficient (Wildman–Crippen LogP) is 0.814. The molecule has 0 heterocycles. The minimum absolute atomic E-state index is 0. The van der Waals surface area contributed by atoms with Crippen LogP contribution in [0.4, 0.5) is 0 Å². The van der Waals surface area contributed by atoms with Gasteiger partial charge in [0.05, 0.1) is 5.91 Å². The molecule has 6 heteroatoms. The summed E-state index contributed by atoms with van der Waals surface area (Å²) in [6.45, 7) is 0. The zero-order valence-electron chi connectivity index (χ0n) is 20.5. The molecule has 5 aromatic rings. The molecule has 1 aliphatic carbocycles. The molecule has 2 radical (unpaired) electrons. The first-order valence-electron chi connectivity index (χ1n) is 11.9. The standard InChI is InChI=1S/C13H9.C12H10Si.C6H11NO.2ClH.Ti/c1-3-7-12-10(5-1)9-11-6-2-4-8-13(11)12;1-3-7-11(8-4-1)13-12-9-5-2-6-10-12;7-6(8)5-3-1-2-4-5;;;/h1-9H;1-10H;5H,1-4H2,(H2,7,8);2*1H;/q-1;;;;;+4/p-3. The quantitative estimate of drug-likeness (QED) is 0.231. The van der Waals surface area contributed by atoms with Crippen molar-refractivity contribution in [2.24, 2.45) is 5.92 Å². The van der Waals surface area contributed by atoms with Gasteiger partial charge in [-0.15, -0.1) is 39.7 Å². The molecule has 6 rings (SSSR count). The molecule has 0 aromatic heterocycles. The fraction of sp³-hybridized carbons (Fsp3) is 0.161. The summed E-state index contributed by atoms with van der Waals surface area (Å²) in [5.41, 5.74) is 6.74. The van der Waals surface area contributed by atoms with E-state index in [1.807, 2.05) is 0 Å². The number of halogens is 2. The van der Waals surface area contributed by atoms with Gasteiger partial charge < -0.3 is 35.3 Å². The van der Waals surface area contributed by atoms with Crippen molar-refractivity contribution in [2.75, 3.05) is 0 Å². The van der Waals surface area contributed by atoms with E-state index >= 15 is 0 Å². The molecule has 37 heavy (non-hydrogen) atoms. The van der Waals surface area contributed by atoms with Gasteiger partial charge in [0.25, 0.3) is 0 Å². The number of hydrogen-bond acceptors (Lipinski definition) is 1. The monoisotopic (exact) mass is 577 g/mol. The fourth-order valence-electron chi connectivity index (χ4n) is 4.30. The zero-order chi connectivity index (χ0) is 23.6. The minimum Gasteiger partial charge on any atom is -1.00 e. The van der Waals surface area contributed by atoms with Crippen LogP contribution in [0, 0.1) is 5.92 Å². The summed E-state index contributed by atoms with van der Waals surface area (Å²) in [6.07, 6.45) is 4.22. The summed E-state index contributed by atoms with van der Waals surface area (Å²) >= 11 is 0. The van der Waals surface area contributed by atoms with Crippen molar-refractivity contribution in [1.29, 1.82) is 0 Å². The summed E-state index contributed by atoms with van der Waals surface area (Å²) in [5, 5.41) is 8.19. The Kier molecular flexibility index (Phi) is 15.3. The fourth-order valence-corrected chi connectivity index (χ4v) is 5.35. The van der Waals surface area contributed by atoms with Crippen LogP contribution in [-0.2, 0) is 26.5 Å². The maximum absolute atomic E-state index is 10.3.